The number of aromatic nitrogens is 3. The first-order valence-corrected chi connectivity index (χ1v) is 12.0. The van der Waals surface area contributed by atoms with E-state index in [1.54, 1.807) is 0 Å². The van der Waals surface area contributed by atoms with Gasteiger partial charge in [-0.3, -0.25) is 0 Å². The largest absolute Gasteiger partial charge is 0.456 e. The fraction of sp³-hybridized carbons (Fsp3) is 0. The first kappa shape index (κ1) is 10.1. The summed E-state index contributed by atoms with van der Waals surface area (Å²) < 4.78 is 189. The molecule has 41 heavy (non-hydrogen) atoms. The Kier molecular flexibility index (Phi) is 2.08. The summed E-state index contributed by atoms with van der Waals surface area (Å²) in [5.74, 6) is -2.13. The van der Waals surface area contributed by atoms with Crippen molar-refractivity contribution in [3.8, 4) is 34.2 Å². The maximum absolute atomic E-state index is 9.32. The number of fused-ring (bicyclic) bond motifs is 3. The molecular formula is C37H21N3O. The summed E-state index contributed by atoms with van der Waals surface area (Å²) in [4.78, 5) is 13.3. The standard InChI is InChI=1S/C37H21N3O/c1-2-8-25(9-3-1)35-38-36(27-21-19-24-17-16-22-10-6-11-23-18-20-26(27)33(24)32(22)23)40-37(39-35)29-13-7-15-31-34(29)28-12-4-5-14-30(28)41-31/h1-21H/i1D,2D,3D,4D,5D,6D,7D,8D,9D,10D,11D,12D,13D,14D,15D,16D,17D,18D,19D,20D,21D. The highest BCUT2D eigenvalue weighted by atomic mass is 16.3. The van der Waals surface area contributed by atoms with Crippen molar-refractivity contribution in [1.29, 1.82) is 0 Å². The summed E-state index contributed by atoms with van der Waals surface area (Å²) in [5.41, 5.74) is -2.71. The zero-order chi connectivity index (χ0) is 45.2. The Bertz CT molecular complexity index is 3550. The van der Waals surface area contributed by atoms with Gasteiger partial charge < -0.3 is 4.42 Å². The van der Waals surface area contributed by atoms with Crippen LogP contribution in [0.2, 0.25) is 0 Å². The maximum atomic E-state index is 9.32. The molecule has 2 aromatic heterocycles. The Balaban J connectivity index is 1.55. The third-order valence-electron chi connectivity index (χ3n) is 6.57. The molecule has 0 radical (unpaired) electrons. The zero-order valence-electron chi connectivity index (χ0n) is 41.2. The van der Waals surface area contributed by atoms with E-state index in [2.05, 4.69) is 15.0 Å². The van der Waals surface area contributed by atoms with Gasteiger partial charge in [-0.05, 0) is 50.4 Å². The van der Waals surface area contributed by atoms with Gasteiger partial charge in [0.2, 0.25) is 0 Å². The van der Waals surface area contributed by atoms with Crippen LogP contribution >= 0.6 is 0 Å². The van der Waals surface area contributed by atoms with E-state index < -0.39 is 178 Å². The Labute approximate surface area is 264 Å². The van der Waals surface area contributed by atoms with Gasteiger partial charge in [-0.1, -0.05) is 109 Å². The van der Waals surface area contributed by atoms with Gasteiger partial charge in [0.25, 0.3) is 0 Å². The van der Waals surface area contributed by atoms with Crippen LogP contribution in [0.15, 0.2) is 131 Å². The number of benzene rings is 7. The molecule has 190 valence electrons. The third-order valence-corrected chi connectivity index (χ3v) is 6.57. The van der Waals surface area contributed by atoms with Crippen molar-refractivity contribution >= 4 is 54.3 Å². The van der Waals surface area contributed by atoms with Crippen LogP contribution in [-0.4, -0.2) is 15.0 Å². The van der Waals surface area contributed by atoms with E-state index >= 15 is 0 Å². The predicted octanol–water partition coefficient (Wildman–Crippen LogP) is 9.67. The van der Waals surface area contributed by atoms with Crippen molar-refractivity contribution in [3.63, 3.8) is 0 Å². The summed E-state index contributed by atoms with van der Waals surface area (Å²) in [7, 11) is 0. The molecule has 0 spiro atoms. The van der Waals surface area contributed by atoms with E-state index in [1.807, 2.05) is 0 Å². The van der Waals surface area contributed by atoms with Crippen molar-refractivity contribution in [2.24, 2.45) is 0 Å². The molecule has 2 heterocycles. The van der Waals surface area contributed by atoms with E-state index in [0.29, 0.717) is 0 Å². The monoisotopic (exact) mass is 544 g/mol. The second kappa shape index (κ2) is 8.44. The minimum Gasteiger partial charge on any atom is -0.456 e. The minimum atomic E-state index is -0.836. The van der Waals surface area contributed by atoms with Gasteiger partial charge >= 0.3 is 0 Å². The minimum absolute atomic E-state index is 0.211. The van der Waals surface area contributed by atoms with Crippen molar-refractivity contribution in [2.45, 2.75) is 0 Å². The van der Waals surface area contributed by atoms with Gasteiger partial charge in [0.15, 0.2) is 17.5 Å². The molecule has 0 fully saturated rings. The third kappa shape index (κ3) is 3.31. The van der Waals surface area contributed by atoms with Gasteiger partial charge in [0.1, 0.15) is 11.2 Å². The molecule has 0 aliphatic rings. The van der Waals surface area contributed by atoms with Crippen LogP contribution in [-0.2, 0) is 0 Å². The number of furan rings is 1. The van der Waals surface area contributed by atoms with E-state index in [-0.39, 0.29) is 37.7 Å². The van der Waals surface area contributed by atoms with Crippen LogP contribution in [0.1, 0.15) is 28.8 Å². The number of hydrogen-bond donors (Lipinski definition) is 0. The van der Waals surface area contributed by atoms with Crippen molar-refractivity contribution in [3.05, 3.63) is 127 Å². The molecule has 0 bridgehead atoms. The molecule has 0 unspecified atom stereocenters. The van der Waals surface area contributed by atoms with Crippen LogP contribution in [0.25, 0.3) is 88.4 Å². The number of para-hydroxylation sites is 1. The first-order valence-electron chi connectivity index (χ1n) is 22.5. The van der Waals surface area contributed by atoms with Gasteiger partial charge in [-0.25, -0.2) is 15.0 Å². The van der Waals surface area contributed by atoms with Gasteiger partial charge in [-0.2, -0.15) is 0 Å². The number of rotatable bonds is 3. The lowest BCUT2D eigenvalue weighted by Gasteiger charge is -2.14. The quantitative estimate of drug-likeness (QED) is 0.208. The first-order chi connectivity index (χ1) is 29.1. The summed E-state index contributed by atoms with van der Waals surface area (Å²) in [5, 5.41) is -2.69. The lowest BCUT2D eigenvalue weighted by Crippen LogP contribution is -2.01. The van der Waals surface area contributed by atoms with Crippen molar-refractivity contribution in [1.82, 2.24) is 15.0 Å². The van der Waals surface area contributed by atoms with E-state index in [0.717, 1.165) is 0 Å². The molecular weight excluding hydrogens is 502 g/mol. The Morgan fingerprint density at radius 2 is 1.05 bits per heavy atom. The summed E-state index contributed by atoms with van der Waals surface area (Å²) in [6, 6.07) is -15.6. The van der Waals surface area contributed by atoms with Crippen LogP contribution < -0.4 is 0 Å². The molecule has 0 N–H and O–H groups in total. The van der Waals surface area contributed by atoms with E-state index in [9.17, 15) is 2.74 Å². The molecule has 0 aliphatic heterocycles. The molecule has 4 nitrogen and oxygen atoms in total. The Morgan fingerprint density at radius 1 is 0.415 bits per heavy atom. The molecule has 4 heteroatoms. The van der Waals surface area contributed by atoms with Crippen LogP contribution in [0.5, 0.6) is 0 Å². The van der Waals surface area contributed by atoms with Gasteiger partial charge in [0, 0.05) is 27.5 Å². The normalized spacial score (nSPS) is 19.1. The molecule has 7 aromatic carbocycles. The van der Waals surface area contributed by atoms with E-state index in [4.69, 9.17) is 30.5 Å². The molecule has 0 amide bonds. The second-order valence-electron chi connectivity index (χ2n) is 8.82. The average Bonchev–Trinajstić information content (AvgIpc) is 3.64. The summed E-state index contributed by atoms with van der Waals surface area (Å²) in [6.45, 7) is 0. The molecule has 0 saturated heterocycles. The molecule has 9 rings (SSSR count). The lowest BCUT2D eigenvalue weighted by molar-refractivity contribution is 0.669. The predicted molar refractivity (Wildman–Crippen MR) is 167 cm³/mol. The molecule has 9 aromatic rings. The second-order valence-corrected chi connectivity index (χ2v) is 8.82. The fourth-order valence-electron chi connectivity index (χ4n) is 4.83. The van der Waals surface area contributed by atoms with Crippen LogP contribution in [0.3, 0.4) is 0 Å². The Hall–Kier alpha value is -5.61. The zero-order valence-corrected chi connectivity index (χ0v) is 20.2. The maximum Gasteiger partial charge on any atom is 0.164 e. The molecule has 0 saturated carbocycles. The average molecular weight is 545 g/mol. The van der Waals surface area contributed by atoms with Gasteiger partial charge in [0.05, 0.1) is 28.8 Å². The van der Waals surface area contributed by atoms with Crippen LogP contribution in [0.4, 0.5) is 0 Å². The van der Waals surface area contributed by atoms with Crippen molar-refractivity contribution < 1.29 is 33.2 Å². The molecule has 0 aliphatic carbocycles. The van der Waals surface area contributed by atoms with E-state index in [1.165, 1.54) is 0 Å². The smallest absolute Gasteiger partial charge is 0.164 e. The topological polar surface area (TPSA) is 51.8 Å². The highest BCUT2D eigenvalue weighted by Gasteiger charge is 2.19. The highest BCUT2D eigenvalue weighted by Crippen LogP contribution is 2.40. The SMILES string of the molecule is [2H]c1c([2H])c([2H])c(-c2nc(-c3c([2H])c([2H])c4c([2H])c([2H])c5c([2H])c([2H])c([2H])c6c([2H])c([2H])c3c4c56)nc(-c3c([2H])c([2H])c([2H])c4oc5c([2H])c([2H])c([2H])c([2H])c5c34)n2)c([2H])c1[2H]. The van der Waals surface area contributed by atoms with Crippen molar-refractivity contribution in [2.75, 3.05) is 0 Å². The number of hydrogen-bond acceptors (Lipinski definition) is 4. The summed E-state index contributed by atoms with van der Waals surface area (Å²) in [6.07, 6.45) is 0. The lowest BCUT2D eigenvalue weighted by atomic mass is 9.92. The Morgan fingerprint density at radius 3 is 1.90 bits per heavy atom. The summed E-state index contributed by atoms with van der Waals surface area (Å²) >= 11 is 0. The fourth-order valence-corrected chi connectivity index (χ4v) is 4.83. The van der Waals surface area contributed by atoms with Crippen LogP contribution in [0, 0.1) is 0 Å². The number of nitrogens with zero attached hydrogens (tertiary/aromatic N) is 3. The molecule has 0 atom stereocenters. The van der Waals surface area contributed by atoms with Gasteiger partial charge in [-0.15, -0.1) is 0 Å². The highest BCUT2D eigenvalue weighted by molar-refractivity contribution is 6.25.